The van der Waals surface area contributed by atoms with Crippen LogP contribution in [0.15, 0.2) is 0 Å². The fourth-order valence-electron chi connectivity index (χ4n) is 2.64. The standard InChI is InChI=1S/C14H30N2/c1-12-8-6-9-13(2)16(12)11-7-10-15-14(3,4)5/h12-13,15H,6-11H2,1-5H3. The highest BCUT2D eigenvalue weighted by molar-refractivity contribution is 4.80. The first-order valence-electron chi connectivity index (χ1n) is 6.91. The van der Waals surface area contributed by atoms with Crippen LogP contribution in [0.3, 0.4) is 0 Å². The zero-order chi connectivity index (χ0) is 12.2. The molecule has 1 aliphatic heterocycles. The Kier molecular flexibility index (Phi) is 5.26. The Morgan fingerprint density at radius 1 is 1.12 bits per heavy atom. The van der Waals surface area contributed by atoms with Gasteiger partial charge in [0.1, 0.15) is 0 Å². The second-order valence-electron chi connectivity index (χ2n) is 6.40. The van der Waals surface area contributed by atoms with Crippen LogP contribution in [-0.2, 0) is 0 Å². The number of rotatable bonds is 4. The van der Waals surface area contributed by atoms with E-state index in [-0.39, 0.29) is 5.54 Å². The lowest BCUT2D eigenvalue weighted by Crippen LogP contribution is -2.45. The van der Waals surface area contributed by atoms with Crippen molar-refractivity contribution in [1.82, 2.24) is 10.2 Å². The molecule has 2 nitrogen and oxygen atoms in total. The zero-order valence-electron chi connectivity index (χ0n) is 11.8. The second-order valence-corrected chi connectivity index (χ2v) is 6.40. The minimum atomic E-state index is 0.263. The van der Waals surface area contributed by atoms with Gasteiger partial charge in [0.25, 0.3) is 0 Å². The molecule has 2 atom stereocenters. The quantitative estimate of drug-likeness (QED) is 0.741. The van der Waals surface area contributed by atoms with E-state index in [1.807, 2.05) is 0 Å². The van der Waals surface area contributed by atoms with Crippen LogP contribution in [-0.4, -0.2) is 35.6 Å². The van der Waals surface area contributed by atoms with Gasteiger partial charge in [0.05, 0.1) is 0 Å². The van der Waals surface area contributed by atoms with Crippen molar-refractivity contribution < 1.29 is 0 Å². The summed E-state index contributed by atoms with van der Waals surface area (Å²) in [5.74, 6) is 0. The average molecular weight is 226 g/mol. The van der Waals surface area contributed by atoms with Crippen LogP contribution in [0.2, 0.25) is 0 Å². The van der Waals surface area contributed by atoms with E-state index >= 15 is 0 Å². The molecule has 1 saturated heterocycles. The molecule has 1 aliphatic rings. The third-order valence-corrected chi connectivity index (χ3v) is 3.62. The summed E-state index contributed by atoms with van der Waals surface area (Å²) in [5.41, 5.74) is 0.263. The van der Waals surface area contributed by atoms with Crippen molar-refractivity contribution in [1.29, 1.82) is 0 Å². The Balaban J connectivity index is 2.20. The average Bonchev–Trinajstić information content (AvgIpc) is 2.14. The van der Waals surface area contributed by atoms with Crippen molar-refractivity contribution in [2.75, 3.05) is 13.1 Å². The van der Waals surface area contributed by atoms with E-state index in [1.165, 1.54) is 32.2 Å². The molecule has 0 aliphatic carbocycles. The maximum absolute atomic E-state index is 3.56. The molecule has 0 radical (unpaired) electrons. The van der Waals surface area contributed by atoms with Crippen LogP contribution < -0.4 is 5.32 Å². The van der Waals surface area contributed by atoms with Gasteiger partial charge in [0, 0.05) is 17.6 Å². The highest BCUT2D eigenvalue weighted by Gasteiger charge is 2.23. The number of hydrogen-bond donors (Lipinski definition) is 1. The second kappa shape index (κ2) is 6.02. The summed E-state index contributed by atoms with van der Waals surface area (Å²) in [6.45, 7) is 13.9. The Labute approximate surface area is 102 Å². The van der Waals surface area contributed by atoms with Crippen molar-refractivity contribution in [2.45, 2.75) is 77.9 Å². The summed E-state index contributed by atoms with van der Waals surface area (Å²) >= 11 is 0. The Morgan fingerprint density at radius 2 is 1.69 bits per heavy atom. The molecular formula is C14H30N2. The van der Waals surface area contributed by atoms with E-state index in [2.05, 4.69) is 44.8 Å². The van der Waals surface area contributed by atoms with Gasteiger partial charge in [-0.15, -0.1) is 0 Å². The van der Waals surface area contributed by atoms with Gasteiger partial charge < -0.3 is 5.32 Å². The number of likely N-dealkylation sites (tertiary alicyclic amines) is 1. The van der Waals surface area contributed by atoms with E-state index in [1.54, 1.807) is 0 Å². The van der Waals surface area contributed by atoms with Crippen LogP contribution in [0, 0.1) is 0 Å². The molecule has 0 aromatic carbocycles. The van der Waals surface area contributed by atoms with Crippen LogP contribution >= 0.6 is 0 Å². The lowest BCUT2D eigenvalue weighted by Gasteiger charge is -2.39. The predicted octanol–water partition coefficient (Wildman–Crippen LogP) is 3.03. The Morgan fingerprint density at radius 3 is 2.19 bits per heavy atom. The number of piperidine rings is 1. The van der Waals surface area contributed by atoms with Gasteiger partial charge in [-0.2, -0.15) is 0 Å². The zero-order valence-corrected chi connectivity index (χ0v) is 11.8. The van der Waals surface area contributed by atoms with E-state index in [4.69, 9.17) is 0 Å². The molecule has 1 rings (SSSR count). The highest BCUT2D eigenvalue weighted by Crippen LogP contribution is 2.22. The van der Waals surface area contributed by atoms with Crippen molar-refractivity contribution in [3.63, 3.8) is 0 Å². The van der Waals surface area contributed by atoms with Crippen molar-refractivity contribution in [3.05, 3.63) is 0 Å². The lowest BCUT2D eigenvalue weighted by atomic mass is 9.97. The summed E-state index contributed by atoms with van der Waals surface area (Å²) in [6, 6.07) is 1.58. The summed E-state index contributed by atoms with van der Waals surface area (Å²) in [5, 5.41) is 3.56. The minimum Gasteiger partial charge on any atom is -0.312 e. The molecule has 2 heteroatoms. The SMILES string of the molecule is CC1CCCC(C)N1CCCNC(C)(C)C. The molecule has 16 heavy (non-hydrogen) atoms. The van der Waals surface area contributed by atoms with Crippen LogP contribution in [0.1, 0.15) is 60.3 Å². The molecule has 1 heterocycles. The molecule has 1 N–H and O–H groups in total. The van der Waals surface area contributed by atoms with E-state index < -0.39 is 0 Å². The van der Waals surface area contributed by atoms with Crippen LogP contribution in [0.25, 0.3) is 0 Å². The Bertz CT molecular complexity index is 185. The molecule has 1 fully saturated rings. The molecule has 0 aromatic rings. The third-order valence-electron chi connectivity index (χ3n) is 3.62. The summed E-state index contributed by atoms with van der Waals surface area (Å²) < 4.78 is 0. The maximum Gasteiger partial charge on any atom is 0.00965 e. The molecule has 2 unspecified atom stereocenters. The van der Waals surface area contributed by atoms with Gasteiger partial charge in [0.15, 0.2) is 0 Å². The lowest BCUT2D eigenvalue weighted by molar-refractivity contribution is 0.101. The van der Waals surface area contributed by atoms with Crippen LogP contribution in [0.5, 0.6) is 0 Å². The Hall–Kier alpha value is -0.0800. The van der Waals surface area contributed by atoms with Gasteiger partial charge in [-0.3, -0.25) is 4.90 Å². The topological polar surface area (TPSA) is 15.3 Å². The molecule has 0 aromatic heterocycles. The molecule has 0 spiro atoms. The summed E-state index contributed by atoms with van der Waals surface area (Å²) in [6.07, 6.45) is 5.46. The van der Waals surface area contributed by atoms with Gasteiger partial charge in [0.2, 0.25) is 0 Å². The molecule has 0 bridgehead atoms. The van der Waals surface area contributed by atoms with Gasteiger partial charge in [-0.25, -0.2) is 0 Å². The third kappa shape index (κ3) is 4.84. The largest absolute Gasteiger partial charge is 0.312 e. The van der Waals surface area contributed by atoms with E-state index in [9.17, 15) is 0 Å². The maximum atomic E-state index is 3.56. The van der Waals surface area contributed by atoms with E-state index in [0.29, 0.717) is 0 Å². The minimum absolute atomic E-state index is 0.263. The fourth-order valence-corrected chi connectivity index (χ4v) is 2.64. The monoisotopic (exact) mass is 226 g/mol. The van der Waals surface area contributed by atoms with Crippen molar-refractivity contribution in [3.8, 4) is 0 Å². The van der Waals surface area contributed by atoms with E-state index in [0.717, 1.165) is 18.6 Å². The first kappa shape index (κ1) is 14.0. The van der Waals surface area contributed by atoms with Crippen molar-refractivity contribution >= 4 is 0 Å². The highest BCUT2D eigenvalue weighted by atomic mass is 15.2. The smallest absolute Gasteiger partial charge is 0.00965 e. The van der Waals surface area contributed by atoms with Gasteiger partial charge in [-0.05, 0) is 67.0 Å². The molecule has 0 amide bonds. The number of nitrogens with one attached hydrogen (secondary N) is 1. The summed E-state index contributed by atoms with van der Waals surface area (Å²) in [4.78, 5) is 2.69. The first-order valence-corrected chi connectivity index (χ1v) is 6.91. The molecular weight excluding hydrogens is 196 g/mol. The molecule has 0 saturated carbocycles. The van der Waals surface area contributed by atoms with Crippen molar-refractivity contribution in [2.24, 2.45) is 0 Å². The molecule has 96 valence electrons. The first-order chi connectivity index (χ1) is 7.40. The van der Waals surface area contributed by atoms with Gasteiger partial charge in [-0.1, -0.05) is 6.42 Å². The number of nitrogens with zero attached hydrogens (tertiary/aromatic N) is 1. The number of hydrogen-bond acceptors (Lipinski definition) is 2. The normalized spacial score (nSPS) is 28.3. The predicted molar refractivity (Wildman–Crippen MR) is 71.9 cm³/mol. The fraction of sp³-hybridized carbons (Fsp3) is 1.00. The van der Waals surface area contributed by atoms with Gasteiger partial charge >= 0.3 is 0 Å². The van der Waals surface area contributed by atoms with Crippen LogP contribution in [0.4, 0.5) is 0 Å². The summed E-state index contributed by atoms with van der Waals surface area (Å²) in [7, 11) is 0.